The molecule has 5 heteroatoms. The molecule has 1 atom stereocenters. The van der Waals surface area contributed by atoms with Crippen molar-refractivity contribution in [1.29, 1.82) is 0 Å². The number of carbonyl (C=O) groups excluding carboxylic acids is 1. The Hall–Kier alpha value is -0.940. The quantitative estimate of drug-likeness (QED) is 0.791. The summed E-state index contributed by atoms with van der Waals surface area (Å²) in [5.74, 6) is -0.0160. The van der Waals surface area contributed by atoms with E-state index in [1.165, 1.54) is 7.11 Å². The molecule has 4 nitrogen and oxygen atoms in total. The molecule has 0 bridgehead atoms. The molecule has 1 heterocycles. The number of hydrogen-bond donors (Lipinski definition) is 1. The van der Waals surface area contributed by atoms with Crippen LogP contribution < -0.4 is 5.32 Å². The number of nitrogens with one attached hydrogen (secondary N) is 1. The van der Waals surface area contributed by atoms with Crippen molar-refractivity contribution < 1.29 is 9.53 Å². The van der Waals surface area contributed by atoms with Gasteiger partial charge < -0.3 is 4.74 Å². The van der Waals surface area contributed by atoms with Gasteiger partial charge in [0, 0.05) is 11.9 Å². The van der Waals surface area contributed by atoms with Gasteiger partial charge in [0.25, 0.3) is 0 Å². The van der Waals surface area contributed by atoms with Gasteiger partial charge in [-0.2, -0.15) is 0 Å². The molecule has 0 saturated carbocycles. The van der Waals surface area contributed by atoms with Crippen LogP contribution in [0, 0.1) is 5.92 Å². The van der Waals surface area contributed by atoms with Crippen molar-refractivity contribution in [2.24, 2.45) is 5.92 Å². The Morgan fingerprint density at radius 3 is 2.76 bits per heavy atom. The number of rotatable bonds is 6. The molecular formula is C12H20N2O2S. The molecule has 1 aromatic rings. The maximum Gasteiger partial charge on any atom is 0.323 e. The van der Waals surface area contributed by atoms with Crippen LogP contribution in [-0.2, 0) is 22.5 Å². The molecule has 0 saturated heterocycles. The van der Waals surface area contributed by atoms with Crippen LogP contribution in [0.15, 0.2) is 5.38 Å². The first-order valence-corrected chi connectivity index (χ1v) is 6.71. The van der Waals surface area contributed by atoms with E-state index < -0.39 is 0 Å². The molecule has 0 aliphatic heterocycles. The Bertz CT molecular complexity index is 363. The van der Waals surface area contributed by atoms with Gasteiger partial charge in [-0.25, -0.2) is 4.98 Å². The molecule has 1 unspecified atom stereocenters. The summed E-state index contributed by atoms with van der Waals surface area (Å²) in [6.07, 6.45) is 0.954. The molecule has 0 aliphatic rings. The van der Waals surface area contributed by atoms with E-state index in [2.05, 4.69) is 17.2 Å². The number of ether oxygens (including phenoxy) is 1. The van der Waals surface area contributed by atoms with Crippen LogP contribution in [0.1, 0.15) is 31.5 Å². The largest absolute Gasteiger partial charge is 0.468 e. The highest BCUT2D eigenvalue weighted by Crippen LogP contribution is 2.11. The fourth-order valence-corrected chi connectivity index (χ4v) is 2.27. The molecule has 17 heavy (non-hydrogen) atoms. The van der Waals surface area contributed by atoms with Crippen LogP contribution in [-0.4, -0.2) is 24.1 Å². The van der Waals surface area contributed by atoms with Crippen molar-refractivity contribution in [3.05, 3.63) is 16.1 Å². The number of aromatic nitrogens is 1. The summed E-state index contributed by atoms with van der Waals surface area (Å²) in [7, 11) is 1.41. The maximum absolute atomic E-state index is 11.5. The third-order valence-corrected chi connectivity index (χ3v) is 3.57. The lowest BCUT2D eigenvalue weighted by Crippen LogP contribution is -2.41. The summed E-state index contributed by atoms with van der Waals surface area (Å²) in [4.78, 5) is 16.0. The lowest BCUT2D eigenvalue weighted by molar-refractivity contribution is -0.144. The SMILES string of the molecule is CCc1nc(CNC(C(=O)OC)C(C)C)cs1. The number of nitrogens with zero attached hydrogens (tertiary/aromatic N) is 1. The van der Waals surface area contributed by atoms with Gasteiger partial charge in [-0.1, -0.05) is 20.8 Å². The number of aryl methyl sites for hydroxylation is 1. The minimum atomic E-state index is -0.272. The minimum Gasteiger partial charge on any atom is -0.468 e. The third kappa shape index (κ3) is 4.09. The van der Waals surface area contributed by atoms with Crippen molar-refractivity contribution in [3.63, 3.8) is 0 Å². The summed E-state index contributed by atoms with van der Waals surface area (Å²) in [5, 5.41) is 6.35. The fraction of sp³-hybridized carbons (Fsp3) is 0.667. The zero-order valence-electron chi connectivity index (χ0n) is 10.8. The highest BCUT2D eigenvalue weighted by molar-refractivity contribution is 7.09. The number of thiazole rings is 1. The smallest absolute Gasteiger partial charge is 0.323 e. The van der Waals surface area contributed by atoms with Crippen molar-refractivity contribution in [1.82, 2.24) is 10.3 Å². The summed E-state index contributed by atoms with van der Waals surface area (Å²) in [6.45, 7) is 6.68. The number of esters is 1. The van der Waals surface area contributed by atoms with Crippen LogP contribution in [0.5, 0.6) is 0 Å². The third-order valence-electron chi connectivity index (χ3n) is 2.53. The van der Waals surface area contributed by atoms with E-state index in [1.807, 2.05) is 19.2 Å². The van der Waals surface area contributed by atoms with Crippen molar-refractivity contribution in [2.45, 2.75) is 39.8 Å². The molecule has 96 valence electrons. The second-order valence-corrected chi connectivity index (χ2v) is 5.15. The Balaban J connectivity index is 2.54. The van der Waals surface area contributed by atoms with Crippen LogP contribution >= 0.6 is 11.3 Å². The number of methoxy groups -OCH3 is 1. The number of carbonyl (C=O) groups is 1. The van der Waals surface area contributed by atoms with Gasteiger partial charge in [0.05, 0.1) is 17.8 Å². The monoisotopic (exact) mass is 256 g/mol. The predicted octanol–water partition coefficient (Wildman–Crippen LogP) is 1.99. The van der Waals surface area contributed by atoms with Crippen molar-refractivity contribution >= 4 is 17.3 Å². The highest BCUT2D eigenvalue weighted by atomic mass is 32.1. The summed E-state index contributed by atoms with van der Waals surface area (Å²) < 4.78 is 4.77. The molecule has 0 spiro atoms. The van der Waals surface area contributed by atoms with Gasteiger partial charge in [-0.3, -0.25) is 10.1 Å². The highest BCUT2D eigenvalue weighted by Gasteiger charge is 2.22. The lowest BCUT2D eigenvalue weighted by Gasteiger charge is -2.19. The van der Waals surface area contributed by atoms with Crippen LogP contribution in [0.2, 0.25) is 0 Å². The fourth-order valence-electron chi connectivity index (χ4n) is 1.53. The molecule has 0 aromatic carbocycles. The second kappa shape index (κ2) is 6.71. The van der Waals surface area contributed by atoms with Gasteiger partial charge in [0.1, 0.15) is 6.04 Å². The van der Waals surface area contributed by atoms with Crippen molar-refractivity contribution in [3.8, 4) is 0 Å². The average molecular weight is 256 g/mol. The predicted molar refractivity (Wildman–Crippen MR) is 69.0 cm³/mol. The molecule has 1 N–H and O–H groups in total. The van der Waals surface area contributed by atoms with Gasteiger partial charge in [0.2, 0.25) is 0 Å². The van der Waals surface area contributed by atoms with Gasteiger partial charge >= 0.3 is 5.97 Å². The first kappa shape index (κ1) is 14.1. The van der Waals surface area contributed by atoms with Gasteiger partial charge in [-0.05, 0) is 12.3 Å². The zero-order valence-corrected chi connectivity index (χ0v) is 11.6. The van der Waals surface area contributed by atoms with E-state index in [9.17, 15) is 4.79 Å². The van der Waals surface area contributed by atoms with Crippen LogP contribution in [0.3, 0.4) is 0 Å². The van der Waals surface area contributed by atoms with E-state index >= 15 is 0 Å². The van der Waals surface area contributed by atoms with Crippen molar-refractivity contribution in [2.75, 3.05) is 7.11 Å². The molecule has 0 amide bonds. The Morgan fingerprint density at radius 1 is 1.59 bits per heavy atom. The Kier molecular flexibility index (Phi) is 5.58. The average Bonchev–Trinajstić information content (AvgIpc) is 2.76. The lowest BCUT2D eigenvalue weighted by atomic mass is 10.0. The van der Waals surface area contributed by atoms with E-state index in [1.54, 1.807) is 11.3 Å². The summed E-state index contributed by atoms with van der Waals surface area (Å²) >= 11 is 1.66. The summed E-state index contributed by atoms with van der Waals surface area (Å²) in [5.41, 5.74) is 0.987. The van der Waals surface area contributed by atoms with E-state index in [4.69, 9.17) is 4.74 Å². The Morgan fingerprint density at radius 2 is 2.29 bits per heavy atom. The van der Waals surface area contributed by atoms with E-state index in [0.717, 1.165) is 17.1 Å². The molecule has 0 radical (unpaired) electrons. The molecule has 1 rings (SSSR count). The maximum atomic E-state index is 11.5. The van der Waals surface area contributed by atoms with E-state index in [-0.39, 0.29) is 17.9 Å². The zero-order chi connectivity index (χ0) is 12.8. The normalized spacial score (nSPS) is 12.8. The van der Waals surface area contributed by atoms with Crippen LogP contribution in [0.4, 0.5) is 0 Å². The molecule has 0 aliphatic carbocycles. The second-order valence-electron chi connectivity index (χ2n) is 4.21. The van der Waals surface area contributed by atoms with Gasteiger partial charge in [0.15, 0.2) is 0 Å². The number of hydrogen-bond acceptors (Lipinski definition) is 5. The molecule has 1 aromatic heterocycles. The summed E-state index contributed by atoms with van der Waals surface area (Å²) in [6, 6.07) is -0.272. The van der Waals surface area contributed by atoms with Crippen LogP contribution in [0.25, 0.3) is 0 Å². The van der Waals surface area contributed by atoms with Gasteiger partial charge in [-0.15, -0.1) is 11.3 Å². The Labute approximate surface area is 106 Å². The standard InChI is InChI=1S/C12H20N2O2S/c1-5-10-14-9(7-17-10)6-13-11(8(2)3)12(15)16-4/h7-8,11,13H,5-6H2,1-4H3. The minimum absolute atomic E-state index is 0.201. The molecule has 0 fully saturated rings. The topological polar surface area (TPSA) is 51.2 Å². The van der Waals surface area contributed by atoms with E-state index in [0.29, 0.717) is 6.54 Å². The molecular weight excluding hydrogens is 236 g/mol. The first-order chi connectivity index (χ1) is 8.08. The first-order valence-electron chi connectivity index (χ1n) is 5.83.